The number of hydrogen-bond acceptors (Lipinski definition) is 5. The maximum Gasteiger partial charge on any atom is 0.312 e. The van der Waals surface area contributed by atoms with Crippen LogP contribution in [-0.2, 0) is 0 Å². The topological polar surface area (TPSA) is 78.2 Å². The normalized spacial score (nSPS) is 10.1. The van der Waals surface area contributed by atoms with Crippen LogP contribution < -0.4 is 4.74 Å². The Balaban J connectivity index is 2.42. The first-order valence-electron chi connectivity index (χ1n) is 4.66. The van der Waals surface area contributed by atoms with E-state index >= 15 is 0 Å². The number of nitro benzene ring substituents is 1. The molecule has 0 saturated heterocycles. The molecule has 1 aromatic carbocycles. The summed E-state index contributed by atoms with van der Waals surface area (Å²) < 4.78 is 18.4. The zero-order chi connectivity index (χ0) is 13.1. The van der Waals surface area contributed by atoms with Crippen LogP contribution in [0, 0.1) is 16.1 Å². The molecule has 0 radical (unpaired) electrons. The van der Waals surface area contributed by atoms with Crippen molar-refractivity contribution in [1.29, 1.82) is 0 Å². The molecule has 0 saturated carbocycles. The van der Waals surface area contributed by atoms with Gasteiger partial charge in [0.1, 0.15) is 6.33 Å². The molecule has 0 N–H and O–H groups in total. The number of nitrogens with zero attached hydrogens (tertiary/aromatic N) is 3. The average Bonchev–Trinajstić information content (AvgIpc) is 2.31. The van der Waals surface area contributed by atoms with Crippen LogP contribution in [0.25, 0.3) is 0 Å². The predicted molar refractivity (Wildman–Crippen MR) is 62.9 cm³/mol. The Morgan fingerprint density at radius 2 is 2.17 bits per heavy atom. The summed E-state index contributed by atoms with van der Waals surface area (Å²) in [6, 6.07) is 5.27. The van der Waals surface area contributed by atoms with Gasteiger partial charge in [-0.1, -0.05) is 6.07 Å². The fraction of sp³-hybridized carbons (Fsp3) is 0. The van der Waals surface area contributed by atoms with E-state index in [1.54, 1.807) is 6.07 Å². The minimum Gasteiger partial charge on any atom is -0.430 e. The smallest absolute Gasteiger partial charge is 0.312 e. The third kappa shape index (κ3) is 2.59. The molecule has 0 bridgehead atoms. The molecule has 0 fully saturated rings. The highest BCUT2D eigenvalue weighted by Gasteiger charge is 2.19. The number of halogens is 2. The highest BCUT2D eigenvalue weighted by molar-refractivity contribution is 9.10. The summed E-state index contributed by atoms with van der Waals surface area (Å²) in [5.74, 6) is -0.937. The fourth-order valence-corrected chi connectivity index (χ4v) is 1.66. The van der Waals surface area contributed by atoms with Gasteiger partial charge in [-0.2, -0.15) is 4.39 Å². The van der Waals surface area contributed by atoms with Crippen LogP contribution >= 0.6 is 15.9 Å². The van der Waals surface area contributed by atoms with Gasteiger partial charge in [-0.15, -0.1) is 0 Å². The van der Waals surface area contributed by atoms with E-state index in [0.29, 0.717) is 4.47 Å². The largest absolute Gasteiger partial charge is 0.430 e. The highest BCUT2D eigenvalue weighted by Crippen LogP contribution is 2.37. The maximum absolute atomic E-state index is 12.9. The van der Waals surface area contributed by atoms with E-state index in [9.17, 15) is 14.5 Å². The monoisotopic (exact) mass is 313 g/mol. The summed E-state index contributed by atoms with van der Waals surface area (Å²) in [4.78, 5) is 17.1. The minimum absolute atomic E-state index is 0.0411. The molecule has 0 spiro atoms. The van der Waals surface area contributed by atoms with Gasteiger partial charge in [0.05, 0.1) is 15.5 Å². The zero-order valence-corrected chi connectivity index (χ0v) is 10.3. The Kier molecular flexibility index (Phi) is 3.47. The quantitative estimate of drug-likeness (QED) is 0.494. The summed E-state index contributed by atoms with van der Waals surface area (Å²) in [6.07, 6.45) is 0.966. The van der Waals surface area contributed by atoms with Crippen molar-refractivity contribution < 1.29 is 14.1 Å². The van der Waals surface area contributed by atoms with Crippen molar-refractivity contribution in [1.82, 2.24) is 9.97 Å². The van der Waals surface area contributed by atoms with E-state index < -0.39 is 10.9 Å². The molecule has 0 amide bonds. The highest BCUT2D eigenvalue weighted by atomic mass is 79.9. The summed E-state index contributed by atoms with van der Waals surface area (Å²) in [5.41, 5.74) is -0.247. The van der Waals surface area contributed by atoms with Crippen molar-refractivity contribution in [2.24, 2.45) is 0 Å². The number of nitro groups is 1. The molecular formula is C10H5BrFN3O3. The molecule has 0 aliphatic rings. The van der Waals surface area contributed by atoms with Gasteiger partial charge < -0.3 is 4.74 Å². The third-order valence-electron chi connectivity index (χ3n) is 1.96. The third-order valence-corrected chi connectivity index (χ3v) is 2.58. The van der Waals surface area contributed by atoms with Gasteiger partial charge in [0.25, 0.3) is 0 Å². The second kappa shape index (κ2) is 5.05. The number of para-hydroxylation sites is 1. The summed E-state index contributed by atoms with van der Waals surface area (Å²) in [6.45, 7) is 0. The summed E-state index contributed by atoms with van der Waals surface area (Å²) in [7, 11) is 0. The minimum atomic E-state index is -0.783. The molecule has 92 valence electrons. The van der Waals surface area contributed by atoms with Crippen LogP contribution in [0.15, 0.2) is 35.1 Å². The van der Waals surface area contributed by atoms with Crippen LogP contribution in [-0.4, -0.2) is 14.9 Å². The first kappa shape index (κ1) is 12.4. The Hall–Kier alpha value is -2.09. The van der Waals surface area contributed by atoms with Gasteiger partial charge in [0, 0.05) is 6.07 Å². The van der Waals surface area contributed by atoms with Crippen LogP contribution in [0.2, 0.25) is 0 Å². The molecule has 2 aromatic rings. The molecule has 8 heteroatoms. The first-order valence-corrected chi connectivity index (χ1v) is 5.45. The van der Waals surface area contributed by atoms with Crippen molar-refractivity contribution in [3.05, 3.63) is 51.1 Å². The standard InChI is InChI=1S/C10H5BrFN3O3/c11-6-2-1-3-7(15(16)17)10(6)18-9-4-8(12)13-5-14-9/h1-5H. The molecule has 6 nitrogen and oxygen atoms in total. The number of rotatable bonds is 3. The predicted octanol–water partition coefficient (Wildman–Crippen LogP) is 3.08. The number of ether oxygens (including phenoxy) is 1. The molecule has 2 rings (SSSR count). The molecule has 0 aliphatic heterocycles. The number of aromatic nitrogens is 2. The van der Waals surface area contributed by atoms with E-state index in [2.05, 4.69) is 25.9 Å². The van der Waals surface area contributed by atoms with Gasteiger partial charge in [0.2, 0.25) is 17.6 Å². The molecule has 0 aliphatic carbocycles. The van der Waals surface area contributed by atoms with E-state index in [-0.39, 0.29) is 17.3 Å². The molecule has 0 unspecified atom stereocenters. The van der Waals surface area contributed by atoms with Crippen LogP contribution in [0.4, 0.5) is 10.1 Å². The van der Waals surface area contributed by atoms with Crippen LogP contribution in [0.1, 0.15) is 0 Å². The van der Waals surface area contributed by atoms with Gasteiger partial charge in [0.15, 0.2) is 0 Å². The first-order chi connectivity index (χ1) is 8.58. The second-order valence-corrected chi connectivity index (χ2v) is 3.98. The van der Waals surface area contributed by atoms with Crippen molar-refractivity contribution in [3.63, 3.8) is 0 Å². The molecule has 1 aromatic heterocycles. The lowest BCUT2D eigenvalue weighted by Crippen LogP contribution is -1.96. The van der Waals surface area contributed by atoms with Gasteiger partial charge >= 0.3 is 5.69 Å². The van der Waals surface area contributed by atoms with Crippen molar-refractivity contribution in [2.75, 3.05) is 0 Å². The van der Waals surface area contributed by atoms with Crippen molar-refractivity contribution in [2.45, 2.75) is 0 Å². The maximum atomic E-state index is 12.9. The lowest BCUT2D eigenvalue weighted by Gasteiger charge is -2.06. The molecule has 18 heavy (non-hydrogen) atoms. The van der Waals surface area contributed by atoms with Crippen LogP contribution in [0.5, 0.6) is 11.6 Å². The van der Waals surface area contributed by atoms with Gasteiger partial charge in [-0.25, -0.2) is 9.97 Å². The van der Waals surface area contributed by atoms with E-state index in [4.69, 9.17) is 4.74 Å². The molecule has 0 atom stereocenters. The van der Waals surface area contributed by atoms with Gasteiger partial charge in [-0.05, 0) is 22.0 Å². The average molecular weight is 314 g/mol. The number of benzene rings is 1. The van der Waals surface area contributed by atoms with Gasteiger partial charge in [-0.3, -0.25) is 10.1 Å². The lowest BCUT2D eigenvalue weighted by molar-refractivity contribution is -0.385. The Morgan fingerprint density at radius 3 is 2.83 bits per heavy atom. The second-order valence-electron chi connectivity index (χ2n) is 3.13. The fourth-order valence-electron chi connectivity index (χ4n) is 1.22. The molecule has 1 heterocycles. The summed E-state index contributed by atoms with van der Waals surface area (Å²) >= 11 is 3.12. The van der Waals surface area contributed by atoms with E-state index in [1.807, 2.05) is 0 Å². The zero-order valence-electron chi connectivity index (χ0n) is 8.71. The van der Waals surface area contributed by atoms with Crippen LogP contribution in [0.3, 0.4) is 0 Å². The lowest BCUT2D eigenvalue weighted by atomic mass is 10.3. The molecular weight excluding hydrogens is 309 g/mol. The SMILES string of the molecule is O=[N+]([O-])c1cccc(Br)c1Oc1cc(F)ncn1. The Bertz CT molecular complexity index is 609. The van der Waals surface area contributed by atoms with E-state index in [0.717, 1.165) is 12.4 Å². The summed E-state index contributed by atoms with van der Waals surface area (Å²) in [5, 5.41) is 10.8. The Labute approximate surface area is 109 Å². The number of hydrogen-bond donors (Lipinski definition) is 0. The van der Waals surface area contributed by atoms with Crippen molar-refractivity contribution in [3.8, 4) is 11.6 Å². The van der Waals surface area contributed by atoms with E-state index in [1.165, 1.54) is 12.1 Å². The Morgan fingerprint density at radius 1 is 1.39 bits per heavy atom. The van der Waals surface area contributed by atoms with Crippen molar-refractivity contribution >= 4 is 21.6 Å².